The highest BCUT2D eigenvalue weighted by atomic mass is 15.1. The molecule has 90 valence electrons. The van der Waals surface area contributed by atoms with Crippen molar-refractivity contribution in [2.45, 2.75) is 39.2 Å². The molecule has 0 unspecified atom stereocenters. The fraction of sp³-hybridized carbons (Fsp3) is 1.00. The van der Waals surface area contributed by atoms with Gasteiger partial charge in [0.15, 0.2) is 0 Å². The maximum Gasteiger partial charge on any atom is 0.0107 e. The standard InChI is InChI=1S/C12H27N3/c1-3-10-15(4-2)11-9-14-12-5-7-13-8-6-12/h12-14H,3-11H2,1-2H3. The zero-order valence-electron chi connectivity index (χ0n) is 10.4. The molecule has 3 heteroatoms. The van der Waals surface area contributed by atoms with Crippen LogP contribution in [0.2, 0.25) is 0 Å². The van der Waals surface area contributed by atoms with Crippen LogP contribution < -0.4 is 10.6 Å². The smallest absolute Gasteiger partial charge is 0.0107 e. The van der Waals surface area contributed by atoms with Crippen LogP contribution in [0.15, 0.2) is 0 Å². The van der Waals surface area contributed by atoms with Crippen molar-refractivity contribution in [3.8, 4) is 0 Å². The molecular weight excluding hydrogens is 186 g/mol. The van der Waals surface area contributed by atoms with Crippen LogP contribution in [-0.4, -0.2) is 50.2 Å². The molecule has 0 aromatic rings. The van der Waals surface area contributed by atoms with Gasteiger partial charge < -0.3 is 15.5 Å². The normalized spacial score (nSPS) is 18.6. The van der Waals surface area contributed by atoms with Gasteiger partial charge >= 0.3 is 0 Å². The largest absolute Gasteiger partial charge is 0.317 e. The summed E-state index contributed by atoms with van der Waals surface area (Å²) in [7, 11) is 0. The van der Waals surface area contributed by atoms with Gasteiger partial charge in [-0.25, -0.2) is 0 Å². The monoisotopic (exact) mass is 213 g/mol. The lowest BCUT2D eigenvalue weighted by Gasteiger charge is -2.26. The molecule has 0 aliphatic carbocycles. The Morgan fingerprint density at radius 1 is 1.20 bits per heavy atom. The first kappa shape index (κ1) is 12.9. The van der Waals surface area contributed by atoms with Crippen molar-refractivity contribution in [3.63, 3.8) is 0 Å². The second-order valence-corrected chi connectivity index (χ2v) is 4.41. The molecule has 0 radical (unpaired) electrons. The van der Waals surface area contributed by atoms with Crippen LogP contribution in [0, 0.1) is 0 Å². The Kier molecular flexibility index (Phi) is 6.98. The lowest BCUT2D eigenvalue weighted by molar-refractivity contribution is 0.275. The maximum absolute atomic E-state index is 3.66. The molecule has 0 aromatic heterocycles. The predicted octanol–water partition coefficient (Wildman–Crippen LogP) is 1.06. The number of likely N-dealkylation sites (N-methyl/N-ethyl adjacent to an activating group) is 1. The number of hydrogen-bond acceptors (Lipinski definition) is 3. The summed E-state index contributed by atoms with van der Waals surface area (Å²) in [6.07, 6.45) is 3.85. The SMILES string of the molecule is CCCN(CC)CCNC1CCNCC1. The predicted molar refractivity (Wildman–Crippen MR) is 66.3 cm³/mol. The quantitative estimate of drug-likeness (QED) is 0.662. The first-order valence-corrected chi connectivity index (χ1v) is 6.53. The number of piperidine rings is 1. The molecule has 1 aliphatic heterocycles. The zero-order chi connectivity index (χ0) is 10.9. The van der Waals surface area contributed by atoms with Crippen molar-refractivity contribution in [2.24, 2.45) is 0 Å². The van der Waals surface area contributed by atoms with E-state index in [4.69, 9.17) is 0 Å². The van der Waals surface area contributed by atoms with Crippen molar-refractivity contribution in [2.75, 3.05) is 39.3 Å². The van der Waals surface area contributed by atoms with Crippen molar-refractivity contribution in [1.29, 1.82) is 0 Å². The van der Waals surface area contributed by atoms with Crippen LogP contribution >= 0.6 is 0 Å². The van der Waals surface area contributed by atoms with Gasteiger partial charge in [0.05, 0.1) is 0 Å². The third kappa shape index (κ3) is 5.50. The minimum absolute atomic E-state index is 0.756. The van der Waals surface area contributed by atoms with Crippen molar-refractivity contribution >= 4 is 0 Å². The molecule has 3 nitrogen and oxygen atoms in total. The third-order valence-corrected chi connectivity index (χ3v) is 3.19. The molecule has 2 N–H and O–H groups in total. The Hall–Kier alpha value is -0.120. The van der Waals surface area contributed by atoms with Gasteiger partial charge in [0.2, 0.25) is 0 Å². The van der Waals surface area contributed by atoms with Crippen molar-refractivity contribution in [1.82, 2.24) is 15.5 Å². The van der Waals surface area contributed by atoms with Crippen LogP contribution in [0.5, 0.6) is 0 Å². The summed E-state index contributed by atoms with van der Waals surface area (Å²) >= 11 is 0. The summed E-state index contributed by atoms with van der Waals surface area (Å²) in [6, 6.07) is 0.756. The second-order valence-electron chi connectivity index (χ2n) is 4.41. The van der Waals surface area contributed by atoms with Crippen molar-refractivity contribution in [3.05, 3.63) is 0 Å². The van der Waals surface area contributed by atoms with E-state index < -0.39 is 0 Å². The fourth-order valence-electron chi connectivity index (χ4n) is 2.20. The highest BCUT2D eigenvalue weighted by Crippen LogP contribution is 2.01. The molecule has 0 aromatic carbocycles. The molecule has 15 heavy (non-hydrogen) atoms. The lowest BCUT2D eigenvalue weighted by atomic mass is 10.1. The average molecular weight is 213 g/mol. The fourth-order valence-corrected chi connectivity index (χ4v) is 2.20. The van der Waals surface area contributed by atoms with Gasteiger partial charge in [0.1, 0.15) is 0 Å². The molecular formula is C12H27N3. The van der Waals surface area contributed by atoms with Gasteiger partial charge in [0, 0.05) is 19.1 Å². The van der Waals surface area contributed by atoms with E-state index in [0.717, 1.165) is 12.6 Å². The van der Waals surface area contributed by atoms with E-state index in [9.17, 15) is 0 Å². The van der Waals surface area contributed by atoms with E-state index in [1.165, 1.54) is 52.0 Å². The lowest BCUT2D eigenvalue weighted by Crippen LogP contribution is -2.43. The Morgan fingerprint density at radius 3 is 2.53 bits per heavy atom. The Morgan fingerprint density at radius 2 is 1.93 bits per heavy atom. The molecule has 1 aliphatic rings. The van der Waals surface area contributed by atoms with Crippen molar-refractivity contribution < 1.29 is 0 Å². The van der Waals surface area contributed by atoms with Gasteiger partial charge in [-0.2, -0.15) is 0 Å². The van der Waals surface area contributed by atoms with Crippen LogP contribution in [-0.2, 0) is 0 Å². The number of rotatable bonds is 7. The highest BCUT2D eigenvalue weighted by Gasteiger charge is 2.11. The van der Waals surface area contributed by atoms with Gasteiger partial charge in [-0.05, 0) is 45.4 Å². The minimum atomic E-state index is 0.756. The molecule has 1 heterocycles. The van der Waals surface area contributed by atoms with Gasteiger partial charge in [-0.1, -0.05) is 13.8 Å². The maximum atomic E-state index is 3.66. The average Bonchev–Trinajstić information content (AvgIpc) is 2.29. The minimum Gasteiger partial charge on any atom is -0.317 e. The second kappa shape index (κ2) is 8.08. The summed E-state index contributed by atoms with van der Waals surface area (Å²) in [6.45, 7) is 11.6. The van der Waals surface area contributed by atoms with E-state index in [1.807, 2.05) is 0 Å². The molecule has 0 spiro atoms. The highest BCUT2D eigenvalue weighted by molar-refractivity contribution is 4.74. The van der Waals surface area contributed by atoms with Gasteiger partial charge in [-0.15, -0.1) is 0 Å². The molecule has 0 atom stereocenters. The van der Waals surface area contributed by atoms with E-state index in [2.05, 4.69) is 29.4 Å². The first-order valence-electron chi connectivity index (χ1n) is 6.53. The van der Waals surface area contributed by atoms with E-state index in [1.54, 1.807) is 0 Å². The Labute approximate surface area is 94.6 Å². The summed E-state index contributed by atoms with van der Waals surface area (Å²) in [5, 5.41) is 7.06. The van der Waals surface area contributed by atoms with Crippen LogP contribution in [0.25, 0.3) is 0 Å². The molecule has 0 saturated carbocycles. The molecule has 1 saturated heterocycles. The van der Waals surface area contributed by atoms with Crippen LogP contribution in [0.1, 0.15) is 33.1 Å². The molecule has 0 bridgehead atoms. The van der Waals surface area contributed by atoms with Gasteiger partial charge in [-0.3, -0.25) is 0 Å². The first-order chi connectivity index (χ1) is 7.36. The molecule has 1 fully saturated rings. The number of nitrogens with zero attached hydrogens (tertiary/aromatic N) is 1. The summed E-state index contributed by atoms with van der Waals surface area (Å²) < 4.78 is 0. The van der Waals surface area contributed by atoms with E-state index >= 15 is 0 Å². The summed E-state index contributed by atoms with van der Waals surface area (Å²) in [5.41, 5.74) is 0. The number of hydrogen-bond donors (Lipinski definition) is 2. The van der Waals surface area contributed by atoms with E-state index in [0.29, 0.717) is 0 Å². The van der Waals surface area contributed by atoms with E-state index in [-0.39, 0.29) is 0 Å². The van der Waals surface area contributed by atoms with Crippen LogP contribution in [0.3, 0.4) is 0 Å². The molecule has 1 rings (SSSR count). The number of nitrogens with one attached hydrogen (secondary N) is 2. The van der Waals surface area contributed by atoms with Crippen LogP contribution in [0.4, 0.5) is 0 Å². The summed E-state index contributed by atoms with van der Waals surface area (Å²) in [5.74, 6) is 0. The zero-order valence-corrected chi connectivity index (χ0v) is 10.4. The Balaban J connectivity index is 2.03. The molecule has 0 amide bonds. The third-order valence-electron chi connectivity index (χ3n) is 3.19. The Bertz CT molecular complexity index is 139. The summed E-state index contributed by atoms with van der Waals surface area (Å²) in [4.78, 5) is 2.52. The van der Waals surface area contributed by atoms with Gasteiger partial charge in [0.25, 0.3) is 0 Å². The topological polar surface area (TPSA) is 27.3 Å².